The number of anilines is 1. The molecule has 1 amide bonds. The molecule has 0 saturated carbocycles. The van der Waals surface area contributed by atoms with Gasteiger partial charge in [-0.1, -0.05) is 96.0 Å². The van der Waals surface area contributed by atoms with Crippen LogP contribution >= 0.6 is 11.6 Å². The average molecular weight is 519 g/mol. The molecule has 5 nitrogen and oxygen atoms in total. The van der Waals surface area contributed by atoms with Crippen LogP contribution < -0.4 is 9.62 Å². The van der Waals surface area contributed by atoms with Crippen LogP contribution in [0.1, 0.15) is 28.3 Å². The van der Waals surface area contributed by atoms with E-state index in [0.29, 0.717) is 0 Å². The Morgan fingerprint density at radius 2 is 1.44 bits per heavy atom. The largest absolute Gasteiger partial charge is 0.344 e. The molecule has 0 aliphatic rings. The van der Waals surface area contributed by atoms with Crippen molar-refractivity contribution in [2.45, 2.75) is 24.8 Å². The maximum atomic E-state index is 13.7. The molecule has 0 aromatic heterocycles. The maximum absolute atomic E-state index is 13.7. The summed E-state index contributed by atoms with van der Waals surface area (Å²) < 4.78 is 28.5. The zero-order valence-corrected chi connectivity index (χ0v) is 21.6. The zero-order chi connectivity index (χ0) is 25.7. The lowest BCUT2D eigenvalue weighted by Crippen LogP contribution is -2.42. The molecule has 0 unspecified atom stereocenters. The first kappa shape index (κ1) is 25.5. The predicted octanol–water partition coefficient (Wildman–Crippen LogP) is 6.06. The number of benzene rings is 4. The number of sulfonamides is 1. The third kappa shape index (κ3) is 5.61. The van der Waals surface area contributed by atoms with E-state index in [-0.39, 0.29) is 15.6 Å². The number of amides is 1. The molecular weight excluding hydrogens is 492 g/mol. The Balaban J connectivity index is 1.71. The highest BCUT2D eigenvalue weighted by Crippen LogP contribution is 2.31. The molecule has 36 heavy (non-hydrogen) atoms. The molecule has 0 spiro atoms. The topological polar surface area (TPSA) is 66.5 Å². The molecule has 184 valence electrons. The molecule has 7 heteroatoms. The molecule has 0 heterocycles. The van der Waals surface area contributed by atoms with Crippen LogP contribution in [0.2, 0.25) is 5.02 Å². The van der Waals surface area contributed by atoms with Crippen molar-refractivity contribution < 1.29 is 13.2 Å². The summed E-state index contributed by atoms with van der Waals surface area (Å²) >= 11 is 6.40. The van der Waals surface area contributed by atoms with Crippen molar-refractivity contribution in [1.29, 1.82) is 0 Å². The summed E-state index contributed by atoms with van der Waals surface area (Å²) in [5.41, 5.74) is 4.01. The second-order valence-corrected chi connectivity index (χ2v) is 10.8. The van der Waals surface area contributed by atoms with Crippen LogP contribution in [0.25, 0.3) is 0 Å². The van der Waals surface area contributed by atoms with Crippen LogP contribution in [0.4, 0.5) is 5.69 Å². The van der Waals surface area contributed by atoms with Gasteiger partial charge in [0, 0.05) is 0 Å². The van der Waals surface area contributed by atoms with Crippen molar-refractivity contribution in [2.24, 2.45) is 0 Å². The number of carbonyl (C=O) groups excluding carboxylic acids is 1. The predicted molar refractivity (Wildman–Crippen MR) is 145 cm³/mol. The molecule has 4 aromatic carbocycles. The summed E-state index contributed by atoms with van der Waals surface area (Å²) in [7, 11) is -4.07. The van der Waals surface area contributed by atoms with Crippen molar-refractivity contribution in [3.63, 3.8) is 0 Å². The Hall–Kier alpha value is -3.61. The number of halogens is 1. The Bertz CT molecular complexity index is 1460. The number of hydrogen-bond donors (Lipinski definition) is 1. The van der Waals surface area contributed by atoms with E-state index in [1.807, 2.05) is 68.4 Å². The van der Waals surface area contributed by atoms with Crippen LogP contribution in [0.15, 0.2) is 108 Å². The van der Waals surface area contributed by atoms with Gasteiger partial charge in [0.05, 0.1) is 21.6 Å². The van der Waals surface area contributed by atoms with Gasteiger partial charge < -0.3 is 5.32 Å². The fourth-order valence-electron chi connectivity index (χ4n) is 4.02. The Morgan fingerprint density at radius 1 is 0.833 bits per heavy atom. The standard InChI is InChI=1S/C29H27ClN2O3S/c1-21-16-18-24(19-17-21)36(34,35)32(27-15-9-8-14-26(27)30)20-28(33)31-29(23-11-4-3-5-12-23)25-13-7-6-10-22(25)2/h3-19,29H,20H2,1-2H3,(H,31,33)/t29-/m1/s1. The van der Waals surface area contributed by atoms with Crippen molar-refractivity contribution >= 4 is 33.2 Å². The molecule has 0 fully saturated rings. The van der Waals surface area contributed by atoms with Gasteiger partial charge >= 0.3 is 0 Å². The van der Waals surface area contributed by atoms with Gasteiger partial charge in [0.1, 0.15) is 6.54 Å². The number of carbonyl (C=O) groups is 1. The maximum Gasteiger partial charge on any atom is 0.264 e. The van der Waals surface area contributed by atoms with E-state index in [9.17, 15) is 13.2 Å². The summed E-state index contributed by atoms with van der Waals surface area (Å²) in [6.45, 7) is 3.43. The highest BCUT2D eigenvalue weighted by molar-refractivity contribution is 7.92. The molecular formula is C29H27ClN2O3S. The second-order valence-electron chi connectivity index (χ2n) is 8.54. The summed E-state index contributed by atoms with van der Waals surface area (Å²) in [6.07, 6.45) is 0. The van der Waals surface area contributed by atoms with Crippen LogP contribution in [-0.4, -0.2) is 20.9 Å². The average Bonchev–Trinajstić information content (AvgIpc) is 2.88. The normalized spacial score (nSPS) is 12.1. The van der Waals surface area contributed by atoms with E-state index in [0.717, 1.165) is 26.6 Å². The number of para-hydroxylation sites is 1. The fraction of sp³-hybridized carbons (Fsp3) is 0.138. The van der Waals surface area contributed by atoms with Gasteiger partial charge in [0.25, 0.3) is 10.0 Å². The van der Waals surface area contributed by atoms with E-state index in [1.165, 1.54) is 12.1 Å². The lowest BCUT2D eigenvalue weighted by molar-refractivity contribution is -0.120. The van der Waals surface area contributed by atoms with E-state index < -0.39 is 28.5 Å². The Morgan fingerprint density at radius 3 is 2.11 bits per heavy atom. The minimum absolute atomic E-state index is 0.0827. The first-order valence-electron chi connectivity index (χ1n) is 11.5. The van der Waals surface area contributed by atoms with Crippen LogP contribution in [-0.2, 0) is 14.8 Å². The minimum Gasteiger partial charge on any atom is -0.344 e. The number of nitrogens with one attached hydrogen (secondary N) is 1. The third-order valence-electron chi connectivity index (χ3n) is 5.96. The third-order valence-corrected chi connectivity index (χ3v) is 8.05. The number of aryl methyl sites for hydroxylation is 2. The molecule has 4 aromatic rings. The quantitative estimate of drug-likeness (QED) is 0.308. The molecule has 4 rings (SSSR count). The second kappa shape index (κ2) is 11.0. The zero-order valence-electron chi connectivity index (χ0n) is 20.1. The summed E-state index contributed by atoms with van der Waals surface area (Å²) in [4.78, 5) is 13.6. The number of hydrogen-bond acceptors (Lipinski definition) is 3. The van der Waals surface area contributed by atoms with Crippen molar-refractivity contribution in [1.82, 2.24) is 5.32 Å². The van der Waals surface area contributed by atoms with Gasteiger partial charge in [0.2, 0.25) is 5.91 Å². The molecule has 1 N–H and O–H groups in total. The smallest absolute Gasteiger partial charge is 0.264 e. The lowest BCUT2D eigenvalue weighted by Gasteiger charge is -2.27. The minimum atomic E-state index is -4.07. The van der Waals surface area contributed by atoms with Gasteiger partial charge in [-0.3, -0.25) is 9.10 Å². The van der Waals surface area contributed by atoms with E-state index >= 15 is 0 Å². The summed E-state index contributed by atoms with van der Waals surface area (Å²) in [6, 6.07) is 30.1. The molecule has 0 aliphatic heterocycles. The van der Waals surface area contributed by atoms with Crippen molar-refractivity contribution in [2.75, 3.05) is 10.8 Å². The van der Waals surface area contributed by atoms with Gasteiger partial charge in [-0.2, -0.15) is 0 Å². The van der Waals surface area contributed by atoms with Gasteiger partial charge in [-0.05, 0) is 54.8 Å². The van der Waals surface area contributed by atoms with E-state index in [2.05, 4.69) is 5.32 Å². The number of nitrogens with zero attached hydrogens (tertiary/aromatic N) is 1. The number of rotatable bonds is 8. The molecule has 1 atom stereocenters. The highest BCUT2D eigenvalue weighted by atomic mass is 35.5. The van der Waals surface area contributed by atoms with Crippen LogP contribution in [0.3, 0.4) is 0 Å². The molecule has 0 saturated heterocycles. The van der Waals surface area contributed by atoms with Crippen LogP contribution in [0.5, 0.6) is 0 Å². The van der Waals surface area contributed by atoms with Gasteiger partial charge in [-0.15, -0.1) is 0 Å². The highest BCUT2D eigenvalue weighted by Gasteiger charge is 2.30. The summed E-state index contributed by atoms with van der Waals surface area (Å²) in [5, 5.41) is 3.29. The lowest BCUT2D eigenvalue weighted by atomic mass is 9.95. The SMILES string of the molecule is Cc1ccc(S(=O)(=O)N(CC(=O)N[C@H](c2ccccc2)c2ccccc2C)c2ccccc2Cl)cc1. The van der Waals surface area contributed by atoms with Gasteiger partial charge in [0.15, 0.2) is 0 Å². The van der Waals surface area contributed by atoms with Gasteiger partial charge in [-0.25, -0.2) is 8.42 Å². The van der Waals surface area contributed by atoms with Crippen molar-refractivity contribution in [3.8, 4) is 0 Å². The Kier molecular flexibility index (Phi) is 7.77. The fourth-order valence-corrected chi connectivity index (χ4v) is 5.75. The first-order valence-corrected chi connectivity index (χ1v) is 13.3. The summed E-state index contributed by atoms with van der Waals surface area (Å²) in [5.74, 6) is -0.456. The monoisotopic (exact) mass is 518 g/mol. The molecule has 0 bridgehead atoms. The first-order chi connectivity index (χ1) is 17.3. The van der Waals surface area contributed by atoms with Crippen LogP contribution in [0, 0.1) is 13.8 Å². The molecule has 0 aliphatic carbocycles. The van der Waals surface area contributed by atoms with E-state index in [1.54, 1.807) is 36.4 Å². The Labute approximate surface area is 217 Å². The molecule has 0 radical (unpaired) electrons. The van der Waals surface area contributed by atoms with Crippen molar-refractivity contribution in [3.05, 3.63) is 130 Å². The van der Waals surface area contributed by atoms with E-state index in [4.69, 9.17) is 11.6 Å².